The van der Waals surface area contributed by atoms with Crippen molar-refractivity contribution in [1.29, 1.82) is 0 Å². The summed E-state index contributed by atoms with van der Waals surface area (Å²) < 4.78 is 1.43. The van der Waals surface area contributed by atoms with E-state index in [1.165, 1.54) is 22.9 Å². The number of amides is 1. The summed E-state index contributed by atoms with van der Waals surface area (Å²) in [5.41, 5.74) is -0.184. The Bertz CT molecular complexity index is 571. The minimum atomic E-state index is -1.02. The molecular weight excluding hydrogens is 308 g/mol. The third kappa shape index (κ3) is 6.30. The molecule has 1 heterocycles. The van der Waals surface area contributed by atoms with Crippen molar-refractivity contribution in [3.8, 4) is 0 Å². The quantitative estimate of drug-likeness (QED) is 0.726. The minimum absolute atomic E-state index is 0.162. The fourth-order valence-corrected chi connectivity index (χ4v) is 2.20. The molecule has 1 rings (SSSR count). The number of aryl methyl sites for hydroxylation is 1. The van der Waals surface area contributed by atoms with Crippen LogP contribution in [0.4, 0.5) is 0 Å². The number of nitrogens with zero attached hydrogens (tertiary/aromatic N) is 1. The zero-order valence-corrected chi connectivity index (χ0v) is 13.3. The number of nitrogens with one attached hydrogen (secondary N) is 1. The summed E-state index contributed by atoms with van der Waals surface area (Å²) in [6.07, 6.45) is 4.15. The number of hydrogen-bond donors (Lipinski definition) is 2. The number of unbranched alkanes of at least 4 members (excludes halogenated alkanes) is 1. The van der Waals surface area contributed by atoms with Gasteiger partial charge >= 0.3 is 5.97 Å². The molecular formula is C15H21ClN2O4. The van der Waals surface area contributed by atoms with Crippen molar-refractivity contribution in [2.75, 3.05) is 0 Å². The van der Waals surface area contributed by atoms with Crippen molar-refractivity contribution in [2.24, 2.45) is 0 Å². The fourth-order valence-electron chi connectivity index (χ4n) is 2.02. The molecule has 0 fully saturated rings. The monoisotopic (exact) mass is 328 g/mol. The molecule has 22 heavy (non-hydrogen) atoms. The molecule has 7 heteroatoms. The molecule has 1 amide bonds. The topological polar surface area (TPSA) is 88.4 Å². The molecule has 1 unspecified atom stereocenters. The molecule has 0 bridgehead atoms. The van der Waals surface area contributed by atoms with E-state index in [9.17, 15) is 14.4 Å². The average Bonchev–Trinajstić information content (AvgIpc) is 2.46. The number of carbonyl (C=O) groups is 2. The maximum Gasteiger partial charge on any atom is 0.326 e. The number of aromatic nitrogens is 1. The van der Waals surface area contributed by atoms with Crippen LogP contribution in [0.15, 0.2) is 23.1 Å². The number of hydrogen-bond acceptors (Lipinski definition) is 3. The summed E-state index contributed by atoms with van der Waals surface area (Å²) in [5, 5.41) is 12.0. The van der Waals surface area contributed by atoms with Crippen LogP contribution in [0.5, 0.6) is 0 Å². The van der Waals surface area contributed by atoms with Crippen molar-refractivity contribution >= 4 is 23.5 Å². The van der Waals surface area contributed by atoms with Crippen LogP contribution in [0.2, 0.25) is 5.02 Å². The molecule has 0 spiro atoms. The number of carboxylic acid groups (broad SMARTS) is 1. The van der Waals surface area contributed by atoms with Crippen molar-refractivity contribution in [3.63, 3.8) is 0 Å². The lowest BCUT2D eigenvalue weighted by molar-refractivity contribution is -0.142. The van der Waals surface area contributed by atoms with Gasteiger partial charge in [0.1, 0.15) is 6.04 Å². The molecule has 1 atom stereocenters. The van der Waals surface area contributed by atoms with E-state index < -0.39 is 12.0 Å². The van der Waals surface area contributed by atoms with Gasteiger partial charge in [-0.2, -0.15) is 0 Å². The predicted molar refractivity (Wildman–Crippen MR) is 84.0 cm³/mol. The van der Waals surface area contributed by atoms with E-state index in [2.05, 4.69) is 5.32 Å². The standard InChI is InChI=1S/C15H21ClN2O4/c1-2-3-5-12(15(21)22)17-13(19)6-4-9-18-10-11(16)7-8-14(18)20/h7-8,10,12H,2-6,9H2,1H3,(H,17,19)(H,21,22). The van der Waals surface area contributed by atoms with Crippen LogP contribution >= 0.6 is 11.6 Å². The van der Waals surface area contributed by atoms with Gasteiger partial charge in [0.15, 0.2) is 0 Å². The van der Waals surface area contributed by atoms with Gasteiger partial charge in [0.05, 0.1) is 5.02 Å². The smallest absolute Gasteiger partial charge is 0.326 e. The number of carbonyl (C=O) groups excluding carboxylic acids is 1. The van der Waals surface area contributed by atoms with Crippen LogP contribution in [0.3, 0.4) is 0 Å². The first-order valence-corrected chi connectivity index (χ1v) is 7.70. The second-order valence-electron chi connectivity index (χ2n) is 5.08. The highest BCUT2D eigenvalue weighted by molar-refractivity contribution is 6.30. The molecule has 6 nitrogen and oxygen atoms in total. The summed E-state index contributed by atoms with van der Waals surface area (Å²) >= 11 is 5.81. The van der Waals surface area contributed by atoms with Gasteiger partial charge in [0, 0.05) is 25.2 Å². The van der Waals surface area contributed by atoms with E-state index in [0.29, 0.717) is 24.4 Å². The van der Waals surface area contributed by atoms with Crippen LogP contribution in [-0.4, -0.2) is 27.6 Å². The average molecular weight is 329 g/mol. The second-order valence-corrected chi connectivity index (χ2v) is 5.52. The first kappa shape index (κ1) is 18.2. The molecule has 122 valence electrons. The SMILES string of the molecule is CCCCC(NC(=O)CCCn1cc(Cl)ccc1=O)C(=O)O. The first-order valence-electron chi connectivity index (χ1n) is 7.32. The number of carboxylic acids is 1. The van der Waals surface area contributed by atoms with Gasteiger partial charge < -0.3 is 15.0 Å². The number of halogens is 1. The van der Waals surface area contributed by atoms with Gasteiger partial charge in [-0.15, -0.1) is 0 Å². The molecule has 0 radical (unpaired) electrons. The van der Waals surface area contributed by atoms with Gasteiger partial charge in [-0.1, -0.05) is 31.4 Å². The second kappa shape index (κ2) is 9.25. The Morgan fingerprint density at radius 3 is 2.73 bits per heavy atom. The van der Waals surface area contributed by atoms with E-state index in [1.54, 1.807) is 0 Å². The highest BCUT2D eigenvalue weighted by Gasteiger charge is 2.18. The van der Waals surface area contributed by atoms with Crippen LogP contribution in [0.25, 0.3) is 0 Å². The lowest BCUT2D eigenvalue weighted by atomic mass is 10.1. The molecule has 0 aliphatic heterocycles. The van der Waals surface area contributed by atoms with Crippen LogP contribution < -0.4 is 10.9 Å². The Balaban J connectivity index is 2.43. The lowest BCUT2D eigenvalue weighted by Crippen LogP contribution is -2.40. The number of rotatable bonds is 9. The molecule has 2 N–H and O–H groups in total. The molecule has 0 saturated heterocycles. The van der Waals surface area contributed by atoms with Crippen molar-refractivity contribution in [1.82, 2.24) is 9.88 Å². The highest BCUT2D eigenvalue weighted by atomic mass is 35.5. The molecule has 0 aliphatic rings. The third-order valence-corrected chi connectivity index (χ3v) is 3.45. The van der Waals surface area contributed by atoms with Crippen molar-refractivity contribution < 1.29 is 14.7 Å². The molecule has 0 saturated carbocycles. The normalized spacial score (nSPS) is 11.9. The van der Waals surface area contributed by atoms with E-state index in [-0.39, 0.29) is 17.9 Å². The summed E-state index contributed by atoms with van der Waals surface area (Å²) in [6.45, 7) is 2.32. The van der Waals surface area contributed by atoms with Gasteiger partial charge in [-0.05, 0) is 18.9 Å². The van der Waals surface area contributed by atoms with Gasteiger partial charge in [-0.25, -0.2) is 4.79 Å². The first-order chi connectivity index (χ1) is 10.4. The largest absolute Gasteiger partial charge is 0.480 e. The van der Waals surface area contributed by atoms with E-state index in [0.717, 1.165) is 12.8 Å². The predicted octanol–water partition coefficient (Wildman–Crippen LogP) is 2.04. The lowest BCUT2D eigenvalue weighted by Gasteiger charge is -2.14. The highest BCUT2D eigenvalue weighted by Crippen LogP contribution is 2.05. The molecule has 1 aromatic heterocycles. The summed E-state index contributed by atoms with van der Waals surface area (Å²) in [4.78, 5) is 34.4. The van der Waals surface area contributed by atoms with Crippen molar-refractivity contribution in [3.05, 3.63) is 33.7 Å². The Morgan fingerprint density at radius 2 is 2.09 bits per heavy atom. The molecule has 1 aromatic rings. The Labute approximate surface area is 134 Å². The van der Waals surface area contributed by atoms with Crippen molar-refractivity contribution in [2.45, 2.75) is 51.6 Å². The van der Waals surface area contributed by atoms with Gasteiger partial charge in [0.2, 0.25) is 5.91 Å². The minimum Gasteiger partial charge on any atom is -0.480 e. The van der Waals surface area contributed by atoms with Gasteiger partial charge in [-0.3, -0.25) is 9.59 Å². The zero-order chi connectivity index (χ0) is 16.5. The molecule has 0 aliphatic carbocycles. The zero-order valence-electron chi connectivity index (χ0n) is 12.5. The number of pyridine rings is 1. The maximum atomic E-state index is 11.8. The van der Waals surface area contributed by atoms with E-state index in [4.69, 9.17) is 16.7 Å². The summed E-state index contributed by atoms with van der Waals surface area (Å²) in [6, 6.07) is 2.03. The fraction of sp³-hybridized carbons (Fsp3) is 0.533. The van der Waals surface area contributed by atoms with Gasteiger partial charge in [0.25, 0.3) is 5.56 Å². The Morgan fingerprint density at radius 1 is 1.36 bits per heavy atom. The van der Waals surface area contributed by atoms with Crippen LogP contribution in [0, 0.1) is 0 Å². The molecule has 0 aromatic carbocycles. The third-order valence-electron chi connectivity index (χ3n) is 3.23. The van der Waals surface area contributed by atoms with Crippen LogP contribution in [-0.2, 0) is 16.1 Å². The van der Waals surface area contributed by atoms with E-state index in [1.807, 2.05) is 6.92 Å². The van der Waals surface area contributed by atoms with Crippen LogP contribution in [0.1, 0.15) is 39.0 Å². The summed E-state index contributed by atoms with van der Waals surface area (Å²) in [5.74, 6) is -1.34. The maximum absolute atomic E-state index is 11.8. The Hall–Kier alpha value is -1.82. The summed E-state index contributed by atoms with van der Waals surface area (Å²) in [7, 11) is 0. The Kier molecular flexibility index (Phi) is 7.66. The number of aliphatic carboxylic acids is 1. The van der Waals surface area contributed by atoms with E-state index >= 15 is 0 Å².